The first-order chi connectivity index (χ1) is 6.16. The molecule has 0 saturated carbocycles. The van der Waals surface area contributed by atoms with Crippen LogP contribution in [0.1, 0.15) is 12.8 Å². The summed E-state index contributed by atoms with van der Waals surface area (Å²) in [7, 11) is 0. The van der Waals surface area contributed by atoms with Crippen molar-refractivity contribution in [2.45, 2.75) is 24.9 Å². The number of rotatable bonds is 1. The van der Waals surface area contributed by atoms with Gasteiger partial charge in [-0.3, -0.25) is 4.90 Å². The van der Waals surface area contributed by atoms with E-state index in [-0.39, 0.29) is 6.04 Å². The van der Waals surface area contributed by atoms with E-state index >= 15 is 0 Å². The van der Waals surface area contributed by atoms with Crippen molar-refractivity contribution in [2.24, 2.45) is 10.9 Å². The van der Waals surface area contributed by atoms with Crippen LogP contribution in [0.2, 0.25) is 0 Å². The summed E-state index contributed by atoms with van der Waals surface area (Å²) in [6.07, 6.45) is 1.64. The maximum atomic E-state index is 10.7. The first-order valence-electron chi connectivity index (χ1n) is 4.09. The number of piperidine rings is 1. The van der Waals surface area contributed by atoms with Gasteiger partial charge in [-0.15, -0.1) is 0 Å². The highest BCUT2D eigenvalue weighted by molar-refractivity contribution is 5.74. The fourth-order valence-electron chi connectivity index (χ4n) is 1.53. The molecule has 1 amide bonds. The van der Waals surface area contributed by atoms with Gasteiger partial charge in [0.1, 0.15) is 0 Å². The van der Waals surface area contributed by atoms with E-state index in [9.17, 15) is 4.79 Å². The Hall–Kier alpha value is -1.30. The molecule has 2 atom stereocenters. The molecule has 13 heavy (non-hydrogen) atoms. The average Bonchev–Trinajstić information content (AvgIpc) is 2.08. The lowest BCUT2D eigenvalue weighted by atomic mass is 9.98. The van der Waals surface area contributed by atoms with E-state index in [0.717, 1.165) is 19.1 Å². The molecule has 6 nitrogen and oxygen atoms in total. The van der Waals surface area contributed by atoms with Gasteiger partial charge in [0, 0.05) is 12.6 Å². The third kappa shape index (κ3) is 2.09. The fourth-order valence-corrected chi connectivity index (χ4v) is 1.53. The summed E-state index contributed by atoms with van der Waals surface area (Å²) in [4.78, 5) is 11.9. The number of carbonyl (C=O) groups is 1. The van der Waals surface area contributed by atoms with Crippen LogP contribution in [0.25, 0.3) is 0 Å². The van der Waals surface area contributed by atoms with E-state index in [1.807, 2.05) is 0 Å². The van der Waals surface area contributed by atoms with Crippen molar-refractivity contribution >= 4 is 12.3 Å². The molecule has 1 fully saturated rings. The second-order valence-corrected chi connectivity index (χ2v) is 3.04. The minimum Gasteiger partial charge on any atom is -0.465 e. The standard InChI is InChI=1S/C7H13N3O3/c8-5-2-1-3-10(7(11)12)6(5)4-9-13/h4-6,13H,1-3,8H2,(H,11,12)/b9-4-. The zero-order valence-corrected chi connectivity index (χ0v) is 7.13. The molecule has 1 saturated heterocycles. The zero-order valence-electron chi connectivity index (χ0n) is 7.13. The third-order valence-corrected chi connectivity index (χ3v) is 2.20. The summed E-state index contributed by atoms with van der Waals surface area (Å²) in [6, 6.07) is -0.781. The van der Waals surface area contributed by atoms with Gasteiger partial charge < -0.3 is 16.0 Å². The van der Waals surface area contributed by atoms with E-state index in [0.29, 0.717) is 6.54 Å². The zero-order chi connectivity index (χ0) is 9.84. The summed E-state index contributed by atoms with van der Waals surface area (Å²) in [5.74, 6) is 0. The largest absolute Gasteiger partial charge is 0.465 e. The normalized spacial score (nSPS) is 29.5. The van der Waals surface area contributed by atoms with E-state index in [1.54, 1.807) is 0 Å². The molecule has 0 aromatic heterocycles. The first kappa shape index (κ1) is 9.79. The number of hydrogen-bond acceptors (Lipinski definition) is 4. The first-order valence-corrected chi connectivity index (χ1v) is 4.09. The van der Waals surface area contributed by atoms with E-state index in [4.69, 9.17) is 16.0 Å². The molecule has 0 aromatic carbocycles. The summed E-state index contributed by atoms with van der Waals surface area (Å²) in [6.45, 7) is 0.444. The molecule has 0 aliphatic carbocycles. The predicted octanol–water partition coefficient (Wildman–Crippen LogP) is -0.0839. The number of oxime groups is 1. The molecule has 74 valence electrons. The summed E-state index contributed by atoms with van der Waals surface area (Å²) in [5, 5.41) is 19.9. The van der Waals surface area contributed by atoms with Crippen molar-refractivity contribution in [3.05, 3.63) is 0 Å². The van der Waals surface area contributed by atoms with Crippen molar-refractivity contribution < 1.29 is 15.1 Å². The summed E-state index contributed by atoms with van der Waals surface area (Å²) >= 11 is 0. The Morgan fingerprint density at radius 2 is 2.38 bits per heavy atom. The van der Waals surface area contributed by atoms with Crippen molar-refractivity contribution in [3.63, 3.8) is 0 Å². The van der Waals surface area contributed by atoms with Crippen LogP contribution in [0, 0.1) is 0 Å². The van der Waals surface area contributed by atoms with E-state index in [2.05, 4.69) is 5.16 Å². The Bertz CT molecular complexity index is 219. The SMILES string of the molecule is NC1CCCN(C(=O)O)C1/C=N\O. The Morgan fingerprint density at radius 1 is 1.69 bits per heavy atom. The number of carboxylic acid groups (broad SMARTS) is 1. The van der Waals surface area contributed by atoms with Crippen LogP contribution >= 0.6 is 0 Å². The van der Waals surface area contributed by atoms with Gasteiger partial charge in [0.25, 0.3) is 0 Å². The molecule has 6 heteroatoms. The second-order valence-electron chi connectivity index (χ2n) is 3.04. The second kappa shape index (κ2) is 4.08. The quantitative estimate of drug-likeness (QED) is 0.303. The third-order valence-electron chi connectivity index (χ3n) is 2.20. The molecule has 2 unspecified atom stereocenters. The molecule has 0 bridgehead atoms. The number of amides is 1. The van der Waals surface area contributed by atoms with Crippen LogP contribution in [0.4, 0.5) is 4.79 Å². The van der Waals surface area contributed by atoms with Crippen molar-refractivity contribution in [2.75, 3.05) is 6.54 Å². The molecule has 1 heterocycles. The minimum absolute atomic E-state index is 0.277. The Balaban J connectivity index is 2.73. The van der Waals surface area contributed by atoms with Crippen molar-refractivity contribution in [1.82, 2.24) is 4.90 Å². The van der Waals surface area contributed by atoms with Crippen molar-refractivity contribution in [1.29, 1.82) is 0 Å². The molecule has 0 radical (unpaired) electrons. The Labute approximate surface area is 75.6 Å². The monoisotopic (exact) mass is 187 g/mol. The van der Waals surface area contributed by atoms with Gasteiger partial charge in [0.15, 0.2) is 0 Å². The molecule has 4 N–H and O–H groups in total. The van der Waals surface area contributed by atoms with Gasteiger partial charge in [0.2, 0.25) is 0 Å². The van der Waals surface area contributed by atoms with Crippen LogP contribution < -0.4 is 5.73 Å². The van der Waals surface area contributed by atoms with Gasteiger partial charge in [-0.1, -0.05) is 5.16 Å². The van der Waals surface area contributed by atoms with Crippen LogP contribution in [-0.2, 0) is 0 Å². The van der Waals surface area contributed by atoms with E-state index < -0.39 is 12.1 Å². The van der Waals surface area contributed by atoms with Gasteiger partial charge in [-0.25, -0.2) is 4.79 Å². The van der Waals surface area contributed by atoms with E-state index in [1.165, 1.54) is 4.90 Å². The lowest BCUT2D eigenvalue weighted by Gasteiger charge is -2.35. The van der Waals surface area contributed by atoms with Crippen LogP contribution in [0.5, 0.6) is 0 Å². The molecular formula is C7H13N3O3. The lowest BCUT2D eigenvalue weighted by molar-refractivity contribution is 0.118. The van der Waals surface area contributed by atoms with Crippen LogP contribution in [0.15, 0.2) is 5.16 Å². The fraction of sp³-hybridized carbons (Fsp3) is 0.714. The van der Waals surface area contributed by atoms with Crippen LogP contribution in [-0.4, -0.2) is 46.1 Å². The maximum absolute atomic E-state index is 10.7. The van der Waals surface area contributed by atoms with Gasteiger partial charge in [-0.05, 0) is 12.8 Å². The molecule has 1 aliphatic rings. The predicted molar refractivity (Wildman–Crippen MR) is 46.0 cm³/mol. The number of likely N-dealkylation sites (tertiary alicyclic amines) is 1. The number of nitrogens with zero attached hydrogens (tertiary/aromatic N) is 2. The highest BCUT2D eigenvalue weighted by atomic mass is 16.4. The lowest BCUT2D eigenvalue weighted by Crippen LogP contribution is -2.54. The molecule has 0 aromatic rings. The average molecular weight is 187 g/mol. The van der Waals surface area contributed by atoms with Gasteiger partial charge in [-0.2, -0.15) is 0 Å². The van der Waals surface area contributed by atoms with Gasteiger partial charge in [0.05, 0.1) is 12.3 Å². The van der Waals surface area contributed by atoms with Crippen molar-refractivity contribution in [3.8, 4) is 0 Å². The number of hydrogen-bond donors (Lipinski definition) is 3. The molecule has 1 aliphatic heterocycles. The number of nitrogens with two attached hydrogens (primary N) is 1. The molecule has 1 rings (SSSR count). The van der Waals surface area contributed by atoms with Crippen LogP contribution in [0.3, 0.4) is 0 Å². The smallest absolute Gasteiger partial charge is 0.407 e. The maximum Gasteiger partial charge on any atom is 0.407 e. The summed E-state index contributed by atoms with van der Waals surface area (Å²) in [5.41, 5.74) is 5.69. The van der Waals surface area contributed by atoms with Gasteiger partial charge >= 0.3 is 6.09 Å². The Kier molecular flexibility index (Phi) is 3.07. The Morgan fingerprint density at radius 3 is 2.92 bits per heavy atom. The molecular weight excluding hydrogens is 174 g/mol. The summed E-state index contributed by atoms with van der Waals surface area (Å²) < 4.78 is 0. The topological polar surface area (TPSA) is 99.2 Å². The molecule has 0 spiro atoms. The highest BCUT2D eigenvalue weighted by Crippen LogP contribution is 2.14. The minimum atomic E-state index is -1.03. The highest BCUT2D eigenvalue weighted by Gasteiger charge is 2.30.